The minimum atomic E-state index is -3.36. The van der Waals surface area contributed by atoms with Crippen molar-refractivity contribution >= 4 is 10.0 Å². The summed E-state index contributed by atoms with van der Waals surface area (Å²) in [5.41, 5.74) is 2.31. The van der Waals surface area contributed by atoms with Crippen LogP contribution < -0.4 is 10.0 Å². The molecule has 1 aliphatic carbocycles. The Labute approximate surface area is 121 Å². The molecule has 20 heavy (non-hydrogen) atoms. The minimum absolute atomic E-state index is 0.399. The van der Waals surface area contributed by atoms with Crippen molar-refractivity contribution in [1.82, 2.24) is 10.0 Å². The van der Waals surface area contributed by atoms with Crippen LogP contribution in [0.4, 0.5) is 0 Å². The first kappa shape index (κ1) is 14.0. The molecule has 4 nitrogen and oxygen atoms in total. The van der Waals surface area contributed by atoms with Gasteiger partial charge < -0.3 is 5.32 Å². The number of benzene rings is 1. The van der Waals surface area contributed by atoms with Gasteiger partial charge in [-0.05, 0) is 42.0 Å². The average molecular weight is 294 g/mol. The summed E-state index contributed by atoms with van der Waals surface area (Å²) in [6.07, 6.45) is 6.06. The molecule has 1 aromatic carbocycles. The summed E-state index contributed by atoms with van der Waals surface area (Å²) in [6.45, 7) is 2.18. The Morgan fingerprint density at radius 3 is 2.65 bits per heavy atom. The monoisotopic (exact) mass is 294 g/mol. The van der Waals surface area contributed by atoms with Gasteiger partial charge >= 0.3 is 0 Å². The second-order valence-corrected chi connectivity index (χ2v) is 7.66. The summed E-state index contributed by atoms with van der Waals surface area (Å²) in [5.74, 6) is 0.509. The highest BCUT2D eigenvalue weighted by atomic mass is 32.2. The zero-order valence-electron chi connectivity index (χ0n) is 11.7. The summed E-state index contributed by atoms with van der Waals surface area (Å²) >= 11 is 0. The van der Waals surface area contributed by atoms with Crippen LogP contribution in [0.1, 0.15) is 43.2 Å². The van der Waals surface area contributed by atoms with E-state index in [1.165, 1.54) is 24.8 Å². The Balaban J connectivity index is 1.68. The van der Waals surface area contributed by atoms with E-state index in [1.54, 1.807) is 12.1 Å². The molecule has 0 atom stereocenters. The fourth-order valence-corrected chi connectivity index (χ4v) is 4.31. The SMILES string of the molecule is O=S(=O)(NCC1CCCCC1)c1ccc2c(c1)CNC2. The molecule has 1 heterocycles. The molecule has 3 rings (SSSR count). The zero-order chi connectivity index (χ0) is 14.0. The van der Waals surface area contributed by atoms with Gasteiger partial charge in [-0.3, -0.25) is 0 Å². The molecule has 0 aromatic heterocycles. The molecule has 2 aliphatic rings. The van der Waals surface area contributed by atoms with E-state index >= 15 is 0 Å². The van der Waals surface area contributed by atoms with Crippen LogP contribution in [0, 0.1) is 5.92 Å². The highest BCUT2D eigenvalue weighted by Crippen LogP contribution is 2.24. The molecule has 1 fully saturated rings. The molecule has 0 saturated heterocycles. The van der Waals surface area contributed by atoms with E-state index in [0.717, 1.165) is 31.5 Å². The lowest BCUT2D eigenvalue weighted by Gasteiger charge is -2.21. The first-order chi connectivity index (χ1) is 9.65. The fourth-order valence-electron chi connectivity index (χ4n) is 3.14. The van der Waals surface area contributed by atoms with Crippen LogP contribution in [-0.4, -0.2) is 15.0 Å². The van der Waals surface area contributed by atoms with Gasteiger partial charge in [0.1, 0.15) is 0 Å². The third-order valence-corrected chi connectivity index (χ3v) is 5.83. The van der Waals surface area contributed by atoms with E-state index in [-0.39, 0.29) is 0 Å². The molecule has 0 spiro atoms. The van der Waals surface area contributed by atoms with Gasteiger partial charge in [0.05, 0.1) is 4.90 Å². The van der Waals surface area contributed by atoms with Crippen LogP contribution in [0.5, 0.6) is 0 Å². The summed E-state index contributed by atoms with van der Waals surface area (Å²) in [5, 5.41) is 3.23. The van der Waals surface area contributed by atoms with Crippen molar-refractivity contribution in [3.05, 3.63) is 29.3 Å². The Morgan fingerprint density at radius 1 is 1.10 bits per heavy atom. The Morgan fingerprint density at radius 2 is 1.85 bits per heavy atom. The minimum Gasteiger partial charge on any atom is -0.309 e. The largest absolute Gasteiger partial charge is 0.309 e. The lowest BCUT2D eigenvalue weighted by atomic mass is 9.90. The van der Waals surface area contributed by atoms with Crippen LogP contribution in [0.2, 0.25) is 0 Å². The van der Waals surface area contributed by atoms with Gasteiger partial charge in [-0.1, -0.05) is 25.3 Å². The van der Waals surface area contributed by atoms with Crippen LogP contribution in [0.25, 0.3) is 0 Å². The van der Waals surface area contributed by atoms with Gasteiger partial charge in [0.15, 0.2) is 0 Å². The third-order valence-electron chi connectivity index (χ3n) is 4.41. The maximum absolute atomic E-state index is 12.3. The predicted octanol–water partition coefficient (Wildman–Crippen LogP) is 2.15. The molecule has 1 aromatic rings. The summed E-state index contributed by atoms with van der Waals surface area (Å²) < 4.78 is 27.5. The lowest BCUT2D eigenvalue weighted by molar-refractivity contribution is 0.357. The second-order valence-electron chi connectivity index (χ2n) is 5.89. The first-order valence-electron chi connectivity index (χ1n) is 7.47. The van der Waals surface area contributed by atoms with Gasteiger partial charge in [0, 0.05) is 19.6 Å². The number of hydrogen-bond donors (Lipinski definition) is 2. The molecule has 0 unspecified atom stereocenters. The highest BCUT2D eigenvalue weighted by Gasteiger charge is 2.20. The van der Waals surface area contributed by atoms with E-state index in [4.69, 9.17) is 0 Å². The number of fused-ring (bicyclic) bond motifs is 1. The van der Waals surface area contributed by atoms with Crippen molar-refractivity contribution in [3.8, 4) is 0 Å². The van der Waals surface area contributed by atoms with Gasteiger partial charge in [0.2, 0.25) is 10.0 Å². The highest BCUT2D eigenvalue weighted by molar-refractivity contribution is 7.89. The maximum Gasteiger partial charge on any atom is 0.240 e. The van der Waals surface area contributed by atoms with Crippen molar-refractivity contribution in [2.75, 3.05) is 6.54 Å². The van der Waals surface area contributed by atoms with Crippen molar-refractivity contribution in [3.63, 3.8) is 0 Å². The van der Waals surface area contributed by atoms with E-state index < -0.39 is 10.0 Å². The van der Waals surface area contributed by atoms with E-state index in [1.807, 2.05) is 6.07 Å². The van der Waals surface area contributed by atoms with Crippen molar-refractivity contribution < 1.29 is 8.42 Å². The quantitative estimate of drug-likeness (QED) is 0.894. The lowest BCUT2D eigenvalue weighted by Crippen LogP contribution is -2.30. The third kappa shape index (κ3) is 3.05. The molecule has 110 valence electrons. The summed E-state index contributed by atoms with van der Waals surface area (Å²) in [7, 11) is -3.36. The Kier molecular flexibility index (Phi) is 4.10. The van der Waals surface area contributed by atoms with E-state index in [0.29, 0.717) is 17.4 Å². The van der Waals surface area contributed by atoms with E-state index in [9.17, 15) is 8.42 Å². The number of rotatable bonds is 4. The number of hydrogen-bond acceptors (Lipinski definition) is 3. The molecule has 0 bridgehead atoms. The molecule has 0 radical (unpaired) electrons. The van der Waals surface area contributed by atoms with Crippen LogP contribution >= 0.6 is 0 Å². The van der Waals surface area contributed by atoms with Gasteiger partial charge in [-0.15, -0.1) is 0 Å². The van der Waals surface area contributed by atoms with Gasteiger partial charge in [-0.2, -0.15) is 0 Å². The topological polar surface area (TPSA) is 58.2 Å². The zero-order valence-corrected chi connectivity index (χ0v) is 12.5. The Bertz CT molecular complexity index is 578. The number of nitrogens with one attached hydrogen (secondary N) is 2. The normalized spacial score (nSPS) is 20.0. The molecule has 1 aliphatic heterocycles. The summed E-state index contributed by atoms with van der Waals surface area (Å²) in [4.78, 5) is 0.399. The molecular weight excluding hydrogens is 272 g/mol. The van der Waals surface area contributed by atoms with Gasteiger partial charge in [-0.25, -0.2) is 13.1 Å². The maximum atomic E-state index is 12.3. The molecule has 1 saturated carbocycles. The van der Waals surface area contributed by atoms with Crippen molar-refractivity contribution in [1.29, 1.82) is 0 Å². The van der Waals surface area contributed by atoms with Crippen molar-refractivity contribution in [2.45, 2.75) is 50.1 Å². The molecule has 0 amide bonds. The van der Waals surface area contributed by atoms with Crippen LogP contribution in [0.15, 0.2) is 23.1 Å². The predicted molar refractivity (Wildman–Crippen MR) is 78.7 cm³/mol. The smallest absolute Gasteiger partial charge is 0.240 e. The summed E-state index contributed by atoms with van der Waals surface area (Å²) in [6, 6.07) is 5.44. The van der Waals surface area contributed by atoms with Crippen LogP contribution in [-0.2, 0) is 23.1 Å². The van der Waals surface area contributed by atoms with E-state index in [2.05, 4.69) is 10.0 Å². The molecular formula is C15H22N2O2S. The second kappa shape index (κ2) is 5.84. The first-order valence-corrected chi connectivity index (χ1v) is 8.96. The molecule has 5 heteroatoms. The molecule has 2 N–H and O–H groups in total. The Hall–Kier alpha value is -0.910. The number of sulfonamides is 1. The van der Waals surface area contributed by atoms with Crippen molar-refractivity contribution in [2.24, 2.45) is 5.92 Å². The van der Waals surface area contributed by atoms with Crippen LogP contribution in [0.3, 0.4) is 0 Å². The average Bonchev–Trinajstić information content (AvgIpc) is 2.94. The van der Waals surface area contributed by atoms with Gasteiger partial charge in [0.25, 0.3) is 0 Å². The standard InChI is InChI=1S/C15H22N2O2S/c18-20(19,17-9-12-4-2-1-3-5-12)15-7-6-13-10-16-11-14(13)8-15/h6-8,12,16-17H,1-5,9-11H2. The fraction of sp³-hybridized carbons (Fsp3) is 0.600.